The molecule has 0 bridgehead atoms. The summed E-state index contributed by atoms with van der Waals surface area (Å²) in [6.07, 6.45) is 1.26. The van der Waals surface area contributed by atoms with E-state index in [0.29, 0.717) is 18.6 Å². The molecule has 3 rings (SSSR count). The fourth-order valence-electron chi connectivity index (χ4n) is 3.42. The van der Waals surface area contributed by atoms with Crippen molar-refractivity contribution in [2.24, 2.45) is 0 Å². The van der Waals surface area contributed by atoms with Crippen molar-refractivity contribution in [1.29, 1.82) is 0 Å². The molecule has 0 radical (unpaired) electrons. The van der Waals surface area contributed by atoms with Gasteiger partial charge in [-0.15, -0.1) is 0 Å². The third-order valence-corrected chi connectivity index (χ3v) is 5.41. The molecule has 1 atom stereocenters. The van der Waals surface area contributed by atoms with Crippen LogP contribution >= 0.6 is 0 Å². The lowest BCUT2D eigenvalue weighted by atomic mass is 9.87. The molecule has 1 aliphatic rings. The number of hydrogen-bond acceptors (Lipinski definition) is 7. The number of ether oxygens (including phenoxy) is 2. The lowest BCUT2D eigenvalue weighted by Crippen LogP contribution is -2.42. The van der Waals surface area contributed by atoms with Crippen LogP contribution in [0, 0.1) is 20.8 Å². The lowest BCUT2D eigenvalue weighted by Gasteiger charge is -2.37. The van der Waals surface area contributed by atoms with Gasteiger partial charge in [0.2, 0.25) is 0 Å². The molecule has 0 aromatic heterocycles. The zero-order chi connectivity index (χ0) is 20.8. The molecule has 0 aliphatic carbocycles. The highest BCUT2D eigenvalue weighted by Gasteiger charge is 2.36. The van der Waals surface area contributed by atoms with Crippen LogP contribution in [0.2, 0.25) is 0 Å². The van der Waals surface area contributed by atoms with Crippen LogP contribution in [-0.2, 0) is 11.2 Å². The summed E-state index contributed by atoms with van der Waals surface area (Å²) in [5.74, 6) is -1.68. The van der Waals surface area contributed by atoms with Crippen LogP contribution in [0.25, 0.3) is 0 Å². The van der Waals surface area contributed by atoms with Gasteiger partial charge in [0.05, 0.1) is 5.56 Å². The number of aromatic hydroxyl groups is 4. The van der Waals surface area contributed by atoms with Gasteiger partial charge in [-0.05, 0) is 69.4 Å². The van der Waals surface area contributed by atoms with E-state index in [1.165, 1.54) is 0 Å². The maximum absolute atomic E-state index is 12.3. The van der Waals surface area contributed by atoms with Crippen LogP contribution in [0.5, 0.6) is 28.7 Å². The number of phenols is 4. The van der Waals surface area contributed by atoms with Gasteiger partial charge in [0.1, 0.15) is 23.7 Å². The maximum atomic E-state index is 12.3. The second-order valence-electron chi connectivity index (χ2n) is 7.52. The average Bonchev–Trinajstić information content (AvgIpc) is 2.66. The molecule has 150 valence electrons. The Morgan fingerprint density at radius 3 is 2.25 bits per heavy atom. The van der Waals surface area contributed by atoms with Crippen molar-refractivity contribution in [3.8, 4) is 28.7 Å². The van der Waals surface area contributed by atoms with Crippen molar-refractivity contribution in [1.82, 2.24) is 0 Å². The number of fused-ring (bicyclic) bond motifs is 1. The highest BCUT2D eigenvalue weighted by molar-refractivity contribution is 5.91. The molecule has 1 aliphatic heterocycles. The Morgan fingerprint density at radius 2 is 1.64 bits per heavy atom. The number of hydrogen-bond donors (Lipinski definition) is 4. The van der Waals surface area contributed by atoms with Gasteiger partial charge in [-0.25, -0.2) is 4.79 Å². The summed E-state index contributed by atoms with van der Waals surface area (Å²) in [6, 6.07) is 2.05. The number of carbonyl (C=O) groups is 1. The van der Waals surface area contributed by atoms with Gasteiger partial charge in [0, 0.05) is 5.56 Å². The van der Waals surface area contributed by atoms with Gasteiger partial charge < -0.3 is 29.9 Å². The molecule has 0 amide bonds. The van der Waals surface area contributed by atoms with Crippen molar-refractivity contribution in [2.75, 3.05) is 6.61 Å². The van der Waals surface area contributed by atoms with E-state index in [1.807, 2.05) is 27.7 Å². The summed E-state index contributed by atoms with van der Waals surface area (Å²) in [5.41, 5.74) is 2.52. The molecule has 4 N–H and O–H groups in total. The summed E-state index contributed by atoms with van der Waals surface area (Å²) in [6.45, 7) is 7.37. The molecule has 0 saturated heterocycles. The third kappa shape index (κ3) is 3.28. The molecule has 0 fully saturated rings. The summed E-state index contributed by atoms with van der Waals surface area (Å²) in [5, 5.41) is 38.7. The minimum Gasteiger partial charge on any atom is -0.507 e. The molecule has 7 nitrogen and oxygen atoms in total. The maximum Gasteiger partial charge on any atom is 0.338 e. The van der Waals surface area contributed by atoms with Crippen molar-refractivity contribution >= 4 is 5.97 Å². The van der Waals surface area contributed by atoms with E-state index in [1.54, 1.807) is 0 Å². The van der Waals surface area contributed by atoms with Gasteiger partial charge >= 0.3 is 5.97 Å². The number of carbonyl (C=O) groups excluding carboxylic acids is 1. The van der Waals surface area contributed by atoms with Crippen LogP contribution in [0.15, 0.2) is 12.1 Å². The summed E-state index contributed by atoms with van der Waals surface area (Å²) in [7, 11) is 0. The number of benzene rings is 2. The fraction of sp³-hybridized carbons (Fsp3) is 0.381. The highest BCUT2D eigenvalue weighted by Crippen LogP contribution is 2.43. The number of phenolic OH excluding ortho intramolecular Hbond substituents is 4. The monoisotopic (exact) mass is 388 g/mol. The predicted octanol–water partition coefficient (Wildman–Crippen LogP) is 3.37. The smallest absolute Gasteiger partial charge is 0.338 e. The molecule has 2 aromatic rings. The third-order valence-electron chi connectivity index (χ3n) is 5.41. The van der Waals surface area contributed by atoms with Gasteiger partial charge in [-0.2, -0.15) is 0 Å². The molecule has 0 saturated carbocycles. The Morgan fingerprint density at radius 1 is 1.04 bits per heavy atom. The normalized spacial score (nSPS) is 18.3. The summed E-state index contributed by atoms with van der Waals surface area (Å²) in [4.78, 5) is 12.3. The van der Waals surface area contributed by atoms with Gasteiger partial charge in [-0.1, -0.05) is 0 Å². The van der Waals surface area contributed by atoms with Crippen LogP contribution < -0.4 is 4.74 Å². The van der Waals surface area contributed by atoms with Crippen molar-refractivity contribution < 1.29 is 34.7 Å². The molecule has 1 heterocycles. The minimum atomic E-state index is -0.760. The number of esters is 1. The minimum absolute atomic E-state index is 0.0356. The van der Waals surface area contributed by atoms with E-state index in [4.69, 9.17) is 9.47 Å². The standard InChI is InChI=1S/C21H24O7/c1-10-11(2)19-14(12(3)17(10)24)5-6-21(4,28-19)9-27-20(26)13-7-15(22)18(25)16(23)8-13/h7-8,22-25H,5-6,9H2,1-4H3. The van der Waals surface area contributed by atoms with Crippen molar-refractivity contribution in [3.05, 3.63) is 39.9 Å². The first-order valence-electron chi connectivity index (χ1n) is 8.96. The molecule has 0 spiro atoms. The second-order valence-corrected chi connectivity index (χ2v) is 7.52. The van der Waals surface area contributed by atoms with Gasteiger partial charge in [0.15, 0.2) is 17.2 Å². The van der Waals surface area contributed by atoms with Crippen LogP contribution in [0.1, 0.15) is 46.0 Å². The lowest BCUT2D eigenvalue weighted by molar-refractivity contribution is -0.0164. The van der Waals surface area contributed by atoms with E-state index in [0.717, 1.165) is 34.4 Å². The second kappa shape index (κ2) is 6.82. The fourth-order valence-corrected chi connectivity index (χ4v) is 3.42. The highest BCUT2D eigenvalue weighted by atomic mass is 16.6. The van der Waals surface area contributed by atoms with Crippen LogP contribution in [-0.4, -0.2) is 38.6 Å². The summed E-state index contributed by atoms with van der Waals surface area (Å²) >= 11 is 0. The number of rotatable bonds is 3. The molecular formula is C21H24O7. The van der Waals surface area contributed by atoms with Gasteiger partial charge in [0.25, 0.3) is 0 Å². The summed E-state index contributed by atoms with van der Waals surface area (Å²) < 4.78 is 11.5. The Bertz CT molecular complexity index is 941. The average molecular weight is 388 g/mol. The quantitative estimate of drug-likeness (QED) is 0.470. The van der Waals surface area contributed by atoms with E-state index < -0.39 is 28.8 Å². The molecule has 2 aromatic carbocycles. The van der Waals surface area contributed by atoms with E-state index >= 15 is 0 Å². The zero-order valence-electron chi connectivity index (χ0n) is 16.3. The largest absolute Gasteiger partial charge is 0.507 e. The first-order valence-corrected chi connectivity index (χ1v) is 8.96. The zero-order valence-corrected chi connectivity index (χ0v) is 16.3. The SMILES string of the molecule is Cc1c(C)c2c(c(C)c1O)CCC(C)(COC(=O)c1cc(O)c(O)c(O)c1)O2. The Balaban J connectivity index is 1.79. The van der Waals surface area contributed by atoms with E-state index in [9.17, 15) is 25.2 Å². The van der Waals surface area contributed by atoms with Crippen LogP contribution in [0.3, 0.4) is 0 Å². The van der Waals surface area contributed by atoms with E-state index in [-0.39, 0.29) is 17.9 Å². The van der Waals surface area contributed by atoms with Crippen LogP contribution in [0.4, 0.5) is 0 Å². The Kier molecular flexibility index (Phi) is 4.79. The molecule has 28 heavy (non-hydrogen) atoms. The first-order chi connectivity index (χ1) is 13.0. The van der Waals surface area contributed by atoms with Gasteiger partial charge in [-0.3, -0.25) is 0 Å². The molecular weight excluding hydrogens is 364 g/mol. The molecule has 1 unspecified atom stereocenters. The predicted molar refractivity (Wildman–Crippen MR) is 101 cm³/mol. The van der Waals surface area contributed by atoms with E-state index in [2.05, 4.69) is 0 Å². The van der Waals surface area contributed by atoms with Crippen molar-refractivity contribution in [3.63, 3.8) is 0 Å². The Hall–Kier alpha value is -3.09. The van der Waals surface area contributed by atoms with Crippen molar-refractivity contribution in [2.45, 2.75) is 46.1 Å². The molecule has 7 heteroatoms. The topological polar surface area (TPSA) is 116 Å². The first kappa shape index (κ1) is 19.7. The Labute approximate surface area is 162 Å².